The first-order valence-corrected chi connectivity index (χ1v) is 4.36. The SMILES string of the molecule is Cc1nc(Cn2cc(C(F)F)cn2)co1. The Hall–Kier alpha value is -1.72. The van der Waals surface area contributed by atoms with E-state index in [0.29, 0.717) is 18.1 Å². The Morgan fingerprint density at radius 2 is 2.33 bits per heavy atom. The molecule has 0 aromatic carbocycles. The summed E-state index contributed by atoms with van der Waals surface area (Å²) in [5, 5.41) is 3.80. The minimum Gasteiger partial charge on any atom is -0.449 e. The monoisotopic (exact) mass is 213 g/mol. The number of oxazole rings is 1. The second-order valence-electron chi connectivity index (χ2n) is 3.13. The zero-order valence-electron chi connectivity index (χ0n) is 8.02. The molecule has 2 rings (SSSR count). The fourth-order valence-electron chi connectivity index (χ4n) is 1.23. The predicted molar refractivity (Wildman–Crippen MR) is 47.5 cm³/mol. The summed E-state index contributed by atoms with van der Waals surface area (Å²) in [6.07, 6.45) is 1.45. The Balaban J connectivity index is 2.11. The second-order valence-corrected chi connectivity index (χ2v) is 3.13. The minimum atomic E-state index is -2.49. The van der Waals surface area contributed by atoms with Crippen LogP contribution in [-0.2, 0) is 6.54 Å². The van der Waals surface area contributed by atoms with Gasteiger partial charge in [-0.05, 0) is 0 Å². The van der Waals surface area contributed by atoms with Crippen LogP contribution in [0.5, 0.6) is 0 Å². The molecular weight excluding hydrogens is 204 g/mol. The van der Waals surface area contributed by atoms with Gasteiger partial charge in [-0.2, -0.15) is 5.10 Å². The highest BCUT2D eigenvalue weighted by molar-refractivity contribution is 5.06. The molecule has 0 saturated carbocycles. The first-order valence-electron chi connectivity index (χ1n) is 4.36. The summed E-state index contributed by atoms with van der Waals surface area (Å²) in [5.41, 5.74) is 0.576. The minimum absolute atomic E-state index is 0.0878. The number of hydrogen-bond acceptors (Lipinski definition) is 3. The zero-order valence-corrected chi connectivity index (χ0v) is 8.02. The van der Waals surface area contributed by atoms with Gasteiger partial charge in [-0.15, -0.1) is 0 Å². The van der Waals surface area contributed by atoms with Crippen LogP contribution in [0.1, 0.15) is 23.6 Å². The van der Waals surface area contributed by atoms with Crippen molar-refractivity contribution in [1.29, 1.82) is 0 Å². The Morgan fingerprint density at radius 1 is 1.53 bits per heavy atom. The largest absolute Gasteiger partial charge is 0.449 e. The molecule has 6 heteroatoms. The number of aryl methyl sites for hydroxylation is 1. The van der Waals surface area contributed by atoms with Gasteiger partial charge in [-0.25, -0.2) is 13.8 Å². The normalized spacial score (nSPS) is 11.2. The molecule has 0 spiro atoms. The van der Waals surface area contributed by atoms with Gasteiger partial charge in [0, 0.05) is 13.1 Å². The van der Waals surface area contributed by atoms with Crippen LogP contribution in [0.3, 0.4) is 0 Å². The quantitative estimate of drug-likeness (QED) is 0.784. The van der Waals surface area contributed by atoms with Crippen molar-refractivity contribution in [3.63, 3.8) is 0 Å². The molecule has 0 radical (unpaired) electrons. The van der Waals surface area contributed by atoms with Gasteiger partial charge in [0.15, 0.2) is 5.89 Å². The lowest BCUT2D eigenvalue weighted by Crippen LogP contribution is -2.00. The summed E-state index contributed by atoms with van der Waals surface area (Å²) < 4.78 is 30.9. The molecule has 2 aromatic rings. The molecule has 15 heavy (non-hydrogen) atoms. The lowest BCUT2D eigenvalue weighted by Gasteiger charge is -1.95. The van der Waals surface area contributed by atoms with Crippen LogP contribution in [0, 0.1) is 6.92 Å². The molecular formula is C9H9F2N3O. The van der Waals surface area contributed by atoms with E-state index in [4.69, 9.17) is 4.42 Å². The average molecular weight is 213 g/mol. The fourth-order valence-corrected chi connectivity index (χ4v) is 1.23. The summed E-state index contributed by atoms with van der Waals surface area (Å²) in [7, 11) is 0. The Bertz CT molecular complexity index is 450. The zero-order chi connectivity index (χ0) is 10.8. The van der Waals surface area contributed by atoms with E-state index in [-0.39, 0.29) is 5.56 Å². The van der Waals surface area contributed by atoms with E-state index in [0.717, 1.165) is 6.20 Å². The summed E-state index contributed by atoms with van der Waals surface area (Å²) in [4.78, 5) is 4.05. The van der Waals surface area contributed by atoms with Crippen LogP contribution in [0.25, 0.3) is 0 Å². The molecule has 2 heterocycles. The van der Waals surface area contributed by atoms with E-state index in [2.05, 4.69) is 10.1 Å². The maximum absolute atomic E-state index is 12.2. The lowest BCUT2D eigenvalue weighted by atomic mass is 10.4. The average Bonchev–Trinajstić information content (AvgIpc) is 2.76. The molecule has 80 valence electrons. The number of alkyl halides is 2. The van der Waals surface area contributed by atoms with E-state index in [1.165, 1.54) is 17.1 Å². The topological polar surface area (TPSA) is 43.9 Å². The number of hydrogen-bond donors (Lipinski definition) is 0. The standard InChI is InChI=1S/C9H9F2N3O/c1-6-13-8(5-15-6)4-14-3-7(2-12-14)9(10)11/h2-3,5,9H,4H2,1H3. The second kappa shape index (κ2) is 3.80. The molecule has 0 aliphatic heterocycles. The Labute approximate surface area is 84.5 Å². The van der Waals surface area contributed by atoms with Crippen molar-refractivity contribution in [3.8, 4) is 0 Å². The number of nitrogens with zero attached hydrogens (tertiary/aromatic N) is 3. The molecule has 0 bridgehead atoms. The molecule has 0 aliphatic rings. The number of rotatable bonds is 3. The van der Waals surface area contributed by atoms with Gasteiger partial charge in [-0.3, -0.25) is 4.68 Å². The molecule has 0 amide bonds. The summed E-state index contributed by atoms with van der Waals surface area (Å²) in [5.74, 6) is 0.547. The van der Waals surface area contributed by atoms with E-state index in [1.807, 2.05) is 0 Å². The molecule has 0 unspecified atom stereocenters. The molecule has 0 aliphatic carbocycles. The van der Waals surface area contributed by atoms with Gasteiger partial charge in [0.05, 0.1) is 18.3 Å². The smallest absolute Gasteiger partial charge is 0.266 e. The van der Waals surface area contributed by atoms with Crippen molar-refractivity contribution in [3.05, 3.63) is 35.8 Å². The van der Waals surface area contributed by atoms with E-state index >= 15 is 0 Å². The van der Waals surface area contributed by atoms with Crippen molar-refractivity contribution in [2.45, 2.75) is 19.9 Å². The summed E-state index contributed by atoms with van der Waals surface area (Å²) in [6, 6.07) is 0. The highest BCUT2D eigenvalue weighted by atomic mass is 19.3. The maximum Gasteiger partial charge on any atom is 0.266 e. The highest BCUT2D eigenvalue weighted by Crippen LogP contribution is 2.17. The molecule has 2 aromatic heterocycles. The fraction of sp³-hybridized carbons (Fsp3) is 0.333. The number of aromatic nitrogens is 3. The highest BCUT2D eigenvalue weighted by Gasteiger charge is 2.10. The van der Waals surface area contributed by atoms with Gasteiger partial charge in [0.1, 0.15) is 12.0 Å². The van der Waals surface area contributed by atoms with Gasteiger partial charge >= 0.3 is 0 Å². The summed E-state index contributed by atoms with van der Waals surface area (Å²) in [6.45, 7) is 2.06. The Morgan fingerprint density at radius 3 is 2.87 bits per heavy atom. The van der Waals surface area contributed by atoms with Crippen molar-refractivity contribution in [2.24, 2.45) is 0 Å². The van der Waals surface area contributed by atoms with Gasteiger partial charge in [-0.1, -0.05) is 0 Å². The van der Waals surface area contributed by atoms with Gasteiger partial charge < -0.3 is 4.42 Å². The van der Waals surface area contributed by atoms with Crippen LogP contribution < -0.4 is 0 Å². The van der Waals surface area contributed by atoms with E-state index in [1.54, 1.807) is 6.92 Å². The molecule has 0 N–H and O–H groups in total. The third-order valence-corrected chi connectivity index (χ3v) is 1.90. The maximum atomic E-state index is 12.2. The van der Waals surface area contributed by atoms with E-state index in [9.17, 15) is 8.78 Å². The third kappa shape index (κ3) is 2.20. The van der Waals surface area contributed by atoms with Gasteiger partial charge in [0.25, 0.3) is 6.43 Å². The van der Waals surface area contributed by atoms with Gasteiger partial charge in [0.2, 0.25) is 0 Å². The van der Waals surface area contributed by atoms with Crippen LogP contribution in [0.2, 0.25) is 0 Å². The predicted octanol–water partition coefficient (Wildman–Crippen LogP) is 2.17. The van der Waals surface area contributed by atoms with Crippen molar-refractivity contribution in [1.82, 2.24) is 14.8 Å². The third-order valence-electron chi connectivity index (χ3n) is 1.90. The first kappa shape index (κ1) is 9.82. The molecule has 0 atom stereocenters. The Kier molecular flexibility index (Phi) is 2.49. The van der Waals surface area contributed by atoms with Crippen LogP contribution in [0.4, 0.5) is 8.78 Å². The van der Waals surface area contributed by atoms with Crippen LogP contribution in [0.15, 0.2) is 23.1 Å². The van der Waals surface area contributed by atoms with Crippen molar-refractivity contribution < 1.29 is 13.2 Å². The van der Waals surface area contributed by atoms with Crippen LogP contribution in [-0.4, -0.2) is 14.8 Å². The van der Waals surface area contributed by atoms with Crippen LogP contribution >= 0.6 is 0 Å². The van der Waals surface area contributed by atoms with Crippen molar-refractivity contribution in [2.75, 3.05) is 0 Å². The number of halogens is 2. The molecule has 4 nitrogen and oxygen atoms in total. The molecule has 0 fully saturated rings. The summed E-state index contributed by atoms with van der Waals surface area (Å²) >= 11 is 0. The van der Waals surface area contributed by atoms with Crippen molar-refractivity contribution >= 4 is 0 Å². The lowest BCUT2D eigenvalue weighted by molar-refractivity contribution is 0.151. The van der Waals surface area contributed by atoms with E-state index < -0.39 is 6.43 Å². The first-order chi connectivity index (χ1) is 7.15. The molecule has 0 saturated heterocycles.